The maximum atomic E-state index is 10.3. The summed E-state index contributed by atoms with van der Waals surface area (Å²) >= 11 is 0. The van der Waals surface area contributed by atoms with Gasteiger partial charge < -0.3 is 39.9 Å². The number of nitrogens with one attached hydrogen (secondary N) is 1. The smallest absolute Gasteiger partial charge is 0.336 e. The van der Waals surface area contributed by atoms with Crippen molar-refractivity contribution < 1.29 is 49.4 Å². The van der Waals surface area contributed by atoms with Gasteiger partial charge in [-0.25, -0.2) is 4.79 Å². The Labute approximate surface area is 260 Å². The number of hydrogen-bond donors (Lipinski definition) is 6. The summed E-state index contributed by atoms with van der Waals surface area (Å²) < 4.78 is 11.2. The first-order valence-electron chi connectivity index (χ1n) is 14.1. The molecule has 0 fully saturated rings. The van der Waals surface area contributed by atoms with Gasteiger partial charge >= 0.3 is 17.9 Å². The first-order valence-corrected chi connectivity index (χ1v) is 14.1. The third kappa shape index (κ3) is 8.91. The average molecular weight is 626 g/mol. The zero-order chi connectivity index (χ0) is 33.3. The Bertz CT molecular complexity index is 1460. The molecule has 0 saturated heterocycles. The molecule has 45 heavy (non-hydrogen) atoms. The molecule has 242 valence electrons. The molecular formula is C32H39N3O10. The molecule has 0 amide bonds. The largest absolute Gasteiger partial charge is 0.493 e. The fourth-order valence-corrected chi connectivity index (χ4v) is 5.02. The minimum atomic E-state index is -2.74. The number of aryl methyl sites for hydroxylation is 1. The first kappa shape index (κ1) is 34.8. The molecule has 13 heteroatoms. The summed E-state index contributed by atoms with van der Waals surface area (Å²) in [4.78, 5) is 37.2. The molecule has 2 atom stereocenters. The van der Waals surface area contributed by atoms with Crippen LogP contribution in [0.1, 0.15) is 52.9 Å². The maximum absolute atomic E-state index is 10.3. The molecule has 6 N–H and O–H groups in total. The first-order chi connectivity index (χ1) is 21.3. The number of aliphatic hydroxyl groups is 2. The number of ether oxygens (including phenoxy) is 2. The molecule has 0 spiro atoms. The maximum Gasteiger partial charge on any atom is 0.336 e. The van der Waals surface area contributed by atoms with Gasteiger partial charge in [0.2, 0.25) is 0 Å². The van der Waals surface area contributed by atoms with Crippen molar-refractivity contribution in [3.05, 3.63) is 82.7 Å². The van der Waals surface area contributed by atoms with E-state index in [0.29, 0.717) is 6.54 Å². The number of carboxylic acid groups (broad SMARTS) is 3. The minimum absolute atomic E-state index is 0.0103. The number of methoxy groups -OCH3 is 2. The molecule has 4 rings (SSSR count). The molecule has 0 radical (unpaired) electrons. The SMILES string of the molecule is COc1cc2c(cc1OC)[C@@H](c1ccc(N(C)CCO)cc1)N[C@@H](c1ccc(C)cn1)C2.O=C(O)CC(O)(CC(=O)O)C(=O)O. The minimum Gasteiger partial charge on any atom is -0.493 e. The van der Waals surface area contributed by atoms with Crippen molar-refractivity contribution in [2.75, 3.05) is 39.3 Å². The number of likely N-dealkylation sites (N-methyl/N-ethyl adjacent to an activating group) is 1. The molecule has 0 unspecified atom stereocenters. The van der Waals surface area contributed by atoms with E-state index in [9.17, 15) is 19.5 Å². The van der Waals surface area contributed by atoms with E-state index in [0.717, 1.165) is 40.4 Å². The Morgan fingerprint density at radius 3 is 2.07 bits per heavy atom. The summed E-state index contributed by atoms with van der Waals surface area (Å²) in [6.45, 7) is 2.78. The lowest BCUT2D eigenvalue weighted by Gasteiger charge is -2.34. The van der Waals surface area contributed by atoms with Crippen molar-refractivity contribution in [3.8, 4) is 11.5 Å². The van der Waals surface area contributed by atoms with Crippen LogP contribution >= 0.6 is 0 Å². The van der Waals surface area contributed by atoms with Crippen molar-refractivity contribution in [3.63, 3.8) is 0 Å². The van der Waals surface area contributed by atoms with Crippen LogP contribution in [0, 0.1) is 6.92 Å². The van der Waals surface area contributed by atoms with Crippen molar-refractivity contribution in [2.45, 2.75) is 43.9 Å². The normalized spacial score (nSPS) is 15.6. The fraction of sp³-hybridized carbons (Fsp3) is 0.375. The molecular weight excluding hydrogens is 586 g/mol. The summed E-state index contributed by atoms with van der Waals surface area (Å²) in [5.74, 6) is -3.55. The molecule has 2 aromatic carbocycles. The van der Waals surface area contributed by atoms with Crippen molar-refractivity contribution in [2.24, 2.45) is 0 Å². The number of benzene rings is 2. The van der Waals surface area contributed by atoms with Crippen LogP contribution < -0.4 is 19.7 Å². The topological polar surface area (TPSA) is 199 Å². The summed E-state index contributed by atoms with van der Waals surface area (Å²) in [7, 11) is 5.32. The highest BCUT2D eigenvalue weighted by Gasteiger charge is 2.40. The lowest BCUT2D eigenvalue weighted by Crippen LogP contribution is -2.42. The number of anilines is 1. The highest BCUT2D eigenvalue weighted by atomic mass is 16.5. The van der Waals surface area contributed by atoms with Gasteiger partial charge in [-0.2, -0.15) is 0 Å². The number of nitrogens with zero attached hydrogens (tertiary/aromatic N) is 2. The van der Waals surface area contributed by atoms with Gasteiger partial charge in [-0.05, 0) is 65.9 Å². The number of aromatic nitrogens is 1. The third-order valence-electron chi connectivity index (χ3n) is 7.43. The Morgan fingerprint density at radius 1 is 0.978 bits per heavy atom. The molecule has 0 bridgehead atoms. The van der Waals surface area contributed by atoms with Crippen LogP contribution in [0.2, 0.25) is 0 Å². The van der Waals surface area contributed by atoms with Crippen molar-refractivity contribution >= 4 is 23.6 Å². The van der Waals surface area contributed by atoms with Crippen LogP contribution in [0.4, 0.5) is 5.69 Å². The van der Waals surface area contributed by atoms with E-state index in [1.807, 2.05) is 18.1 Å². The Kier molecular flexibility index (Phi) is 11.8. The van der Waals surface area contributed by atoms with Gasteiger partial charge in [0.15, 0.2) is 17.1 Å². The van der Waals surface area contributed by atoms with E-state index in [1.165, 1.54) is 11.1 Å². The zero-order valence-electron chi connectivity index (χ0n) is 25.6. The van der Waals surface area contributed by atoms with Gasteiger partial charge in [0.1, 0.15) is 0 Å². The van der Waals surface area contributed by atoms with Crippen LogP contribution in [-0.4, -0.2) is 88.4 Å². The molecule has 0 aliphatic carbocycles. The quantitative estimate of drug-likeness (QED) is 0.172. The van der Waals surface area contributed by atoms with E-state index in [-0.39, 0.29) is 18.7 Å². The van der Waals surface area contributed by atoms with Crippen molar-refractivity contribution in [1.82, 2.24) is 10.3 Å². The fourth-order valence-electron chi connectivity index (χ4n) is 5.02. The van der Waals surface area contributed by atoms with E-state index >= 15 is 0 Å². The zero-order valence-corrected chi connectivity index (χ0v) is 25.6. The second kappa shape index (κ2) is 15.3. The number of hydrogen-bond acceptors (Lipinski definition) is 10. The summed E-state index contributed by atoms with van der Waals surface area (Å²) in [5, 5.41) is 46.9. The van der Waals surface area contributed by atoms with Crippen LogP contribution in [0.25, 0.3) is 0 Å². The van der Waals surface area contributed by atoms with Gasteiger partial charge in [-0.1, -0.05) is 18.2 Å². The van der Waals surface area contributed by atoms with Crippen LogP contribution in [0.5, 0.6) is 11.5 Å². The molecule has 13 nitrogen and oxygen atoms in total. The van der Waals surface area contributed by atoms with Crippen molar-refractivity contribution in [1.29, 1.82) is 0 Å². The second-order valence-corrected chi connectivity index (χ2v) is 10.7. The van der Waals surface area contributed by atoms with Crippen LogP contribution in [0.15, 0.2) is 54.7 Å². The number of carbonyl (C=O) groups is 3. The van der Waals surface area contributed by atoms with E-state index in [2.05, 4.69) is 65.8 Å². The number of rotatable bonds is 12. The summed E-state index contributed by atoms with van der Waals surface area (Å²) in [6, 6.07) is 16.9. The van der Waals surface area contributed by atoms with Gasteiger partial charge in [0.05, 0.1) is 51.4 Å². The van der Waals surface area contributed by atoms with Gasteiger partial charge in [0.25, 0.3) is 0 Å². The number of fused-ring (bicyclic) bond motifs is 1. The van der Waals surface area contributed by atoms with E-state index in [4.69, 9.17) is 29.9 Å². The number of aliphatic carboxylic acids is 3. The average Bonchev–Trinajstić information content (AvgIpc) is 2.99. The second-order valence-electron chi connectivity index (χ2n) is 10.7. The third-order valence-corrected chi connectivity index (χ3v) is 7.43. The predicted molar refractivity (Wildman–Crippen MR) is 164 cm³/mol. The molecule has 2 heterocycles. The highest BCUT2D eigenvalue weighted by Crippen LogP contribution is 2.41. The Balaban J connectivity index is 0.000000360. The predicted octanol–water partition coefficient (Wildman–Crippen LogP) is 2.56. The lowest BCUT2D eigenvalue weighted by molar-refractivity contribution is -0.170. The lowest BCUT2D eigenvalue weighted by atomic mass is 9.85. The van der Waals surface area contributed by atoms with Crippen LogP contribution in [0.3, 0.4) is 0 Å². The van der Waals surface area contributed by atoms with E-state index in [1.54, 1.807) is 14.2 Å². The number of aliphatic hydroxyl groups excluding tert-OH is 1. The molecule has 1 aliphatic rings. The van der Waals surface area contributed by atoms with Gasteiger partial charge in [-0.15, -0.1) is 0 Å². The Morgan fingerprint density at radius 2 is 1.58 bits per heavy atom. The highest BCUT2D eigenvalue weighted by molar-refractivity contribution is 5.88. The van der Waals surface area contributed by atoms with Gasteiger partial charge in [0, 0.05) is 25.5 Å². The van der Waals surface area contributed by atoms with Crippen LogP contribution in [-0.2, 0) is 20.8 Å². The van der Waals surface area contributed by atoms with E-state index < -0.39 is 36.4 Å². The molecule has 3 aromatic rings. The number of pyridine rings is 1. The molecule has 1 aliphatic heterocycles. The van der Waals surface area contributed by atoms with Gasteiger partial charge in [-0.3, -0.25) is 19.9 Å². The molecule has 0 saturated carbocycles. The monoisotopic (exact) mass is 625 g/mol. The Hall–Kier alpha value is -4.72. The number of carboxylic acids is 3. The summed E-state index contributed by atoms with van der Waals surface area (Å²) in [6.07, 6.45) is 0.449. The standard InChI is InChI=1S/C26H31N3O3.C6H8O7/c1-17-5-10-22(27-16-17)23-13-19-14-24(31-3)25(32-4)15-21(19)26(28-23)18-6-8-20(9-7-18)29(2)11-12-30;7-3(8)1-6(13,5(11)12)2-4(9)10/h5-10,14-16,23,26,28,30H,11-13H2,1-4H3;13H,1-2H2,(H,7,8)(H,9,10)(H,11,12)/t23-,26-;/m1./s1. The molecule has 1 aromatic heterocycles. The summed E-state index contributed by atoms with van der Waals surface area (Å²) in [5.41, 5.74) is 4.08.